The maximum absolute atomic E-state index is 12.6. The summed E-state index contributed by atoms with van der Waals surface area (Å²) in [5.74, 6) is 1.34. The van der Waals surface area contributed by atoms with E-state index in [1.807, 2.05) is 13.1 Å². The Kier molecular flexibility index (Phi) is 9.82. The maximum Gasteiger partial charge on any atom is 0.321 e. The molecule has 3 fully saturated rings. The van der Waals surface area contributed by atoms with Crippen LogP contribution in [0.25, 0.3) is 0 Å². The van der Waals surface area contributed by atoms with Gasteiger partial charge in [0.25, 0.3) is 0 Å². The molecule has 2 aromatic carbocycles. The Hall–Kier alpha value is -2.83. The van der Waals surface area contributed by atoms with Crippen LogP contribution in [0, 0.1) is 11.8 Å². The van der Waals surface area contributed by atoms with Crippen LogP contribution in [0.5, 0.6) is 0 Å². The molecular formula is C34H46N4O2. The monoisotopic (exact) mass is 542 g/mol. The van der Waals surface area contributed by atoms with E-state index < -0.39 is 5.97 Å². The second-order valence-corrected chi connectivity index (χ2v) is 12.1. The molecule has 2 aliphatic heterocycles. The molecule has 214 valence electrons. The fourth-order valence-electron chi connectivity index (χ4n) is 7.44. The second-order valence-electron chi connectivity index (χ2n) is 12.1. The molecule has 0 bridgehead atoms. The first kappa shape index (κ1) is 28.7. The van der Waals surface area contributed by atoms with Gasteiger partial charge in [-0.1, -0.05) is 79.9 Å². The number of hydrogen-bond acceptors (Lipinski definition) is 4. The van der Waals surface area contributed by atoms with Crippen LogP contribution in [-0.2, 0) is 11.2 Å². The van der Waals surface area contributed by atoms with E-state index in [4.69, 9.17) is 4.99 Å². The number of carboxylic acid groups (broad SMARTS) is 1. The van der Waals surface area contributed by atoms with Crippen LogP contribution >= 0.6 is 0 Å². The Morgan fingerprint density at radius 3 is 2.20 bits per heavy atom. The number of piperidine rings is 1. The van der Waals surface area contributed by atoms with E-state index in [9.17, 15) is 9.90 Å². The van der Waals surface area contributed by atoms with Crippen molar-refractivity contribution in [3.05, 3.63) is 71.8 Å². The first-order chi connectivity index (χ1) is 19.5. The average molecular weight is 543 g/mol. The third-order valence-corrected chi connectivity index (χ3v) is 9.65. The smallest absolute Gasteiger partial charge is 0.321 e. The summed E-state index contributed by atoms with van der Waals surface area (Å²) in [4.78, 5) is 27.0. The predicted molar refractivity (Wildman–Crippen MR) is 163 cm³/mol. The maximum atomic E-state index is 12.6. The van der Waals surface area contributed by atoms with Gasteiger partial charge in [-0.25, -0.2) is 4.99 Å². The molecule has 0 radical (unpaired) electrons. The van der Waals surface area contributed by atoms with E-state index in [-0.39, 0.29) is 12.0 Å². The average Bonchev–Trinajstić information content (AvgIpc) is 3.43. The first-order valence-electron chi connectivity index (χ1n) is 15.3. The highest BCUT2D eigenvalue weighted by atomic mass is 16.4. The molecular weight excluding hydrogens is 496 g/mol. The summed E-state index contributed by atoms with van der Waals surface area (Å²) in [7, 11) is 1.84. The van der Waals surface area contributed by atoms with Gasteiger partial charge in [0, 0.05) is 44.2 Å². The van der Waals surface area contributed by atoms with Crippen LogP contribution in [0.15, 0.2) is 70.6 Å². The fourth-order valence-corrected chi connectivity index (χ4v) is 7.44. The lowest BCUT2D eigenvalue weighted by Crippen LogP contribution is -2.49. The van der Waals surface area contributed by atoms with E-state index in [1.54, 1.807) is 0 Å². The Morgan fingerprint density at radius 2 is 1.57 bits per heavy atom. The molecule has 3 aliphatic rings. The van der Waals surface area contributed by atoms with Crippen LogP contribution in [0.1, 0.15) is 68.9 Å². The zero-order chi connectivity index (χ0) is 27.9. The summed E-state index contributed by atoms with van der Waals surface area (Å²) in [5.41, 5.74) is 3.76. The van der Waals surface area contributed by atoms with Gasteiger partial charge < -0.3 is 5.11 Å². The number of benzene rings is 2. The van der Waals surface area contributed by atoms with Gasteiger partial charge in [-0.2, -0.15) is 0 Å². The molecule has 3 atom stereocenters. The minimum Gasteiger partial charge on any atom is -0.480 e. The van der Waals surface area contributed by atoms with Crippen molar-refractivity contribution in [2.75, 3.05) is 33.2 Å². The normalized spacial score (nSPS) is 25.2. The van der Waals surface area contributed by atoms with Gasteiger partial charge in [-0.05, 0) is 68.7 Å². The number of amidine groups is 1. The van der Waals surface area contributed by atoms with Crippen molar-refractivity contribution in [1.82, 2.24) is 9.80 Å². The van der Waals surface area contributed by atoms with E-state index in [0.717, 1.165) is 77.0 Å². The molecule has 6 nitrogen and oxygen atoms in total. The SMILES string of the molecule is CN=C(Cc1ccccc1)N=C(C)C1CCN(C2CN(C(C(=O)O)C3CCCCC3)CC2c2ccccc2)CC1. The molecule has 6 heteroatoms. The molecule has 0 amide bonds. The molecule has 40 heavy (non-hydrogen) atoms. The van der Waals surface area contributed by atoms with Gasteiger partial charge >= 0.3 is 5.97 Å². The van der Waals surface area contributed by atoms with Crippen molar-refractivity contribution < 1.29 is 9.90 Å². The number of aliphatic carboxylic acids is 1. The van der Waals surface area contributed by atoms with Gasteiger partial charge in [0.05, 0.1) is 0 Å². The molecule has 1 aliphatic carbocycles. The highest BCUT2D eigenvalue weighted by Crippen LogP contribution is 2.38. The zero-order valence-corrected chi connectivity index (χ0v) is 24.3. The Bertz CT molecular complexity index is 1150. The summed E-state index contributed by atoms with van der Waals surface area (Å²) >= 11 is 0. The number of likely N-dealkylation sites (tertiary alicyclic amines) is 2. The van der Waals surface area contributed by atoms with Crippen molar-refractivity contribution in [2.24, 2.45) is 21.8 Å². The number of carbonyl (C=O) groups is 1. The van der Waals surface area contributed by atoms with Gasteiger partial charge in [0.2, 0.25) is 0 Å². The van der Waals surface area contributed by atoms with E-state index in [0.29, 0.717) is 17.9 Å². The van der Waals surface area contributed by atoms with E-state index in [1.165, 1.54) is 23.3 Å². The number of rotatable bonds is 8. The third-order valence-electron chi connectivity index (χ3n) is 9.65. The topological polar surface area (TPSA) is 68.5 Å². The molecule has 2 heterocycles. The largest absolute Gasteiger partial charge is 0.480 e. The third kappa shape index (κ3) is 6.90. The van der Waals surface area contributed by atoms with Crippen LogP contribution in [-0.4, -0.2) is 77.7 Å². The molecule has 1 N–H and O–H groups in total. The van der Waals surface area contributed by atoms with Crippen LogP contribution in [0.2, 0.25) is 0 Å². The van der Waals surface area contributed by atoms with Gasteiger partial charge in [-0.15, -0.1) is 0 Å². The lowest BCUT2D eigenvalue weighted by Gasteiger charge is -2.38. The van der Waals surface area contributed by atoms with Crippen molar-refractivity contribution in [1.29, 1.82) is 0 Å². The van der Waals surface area contributed by atoms with Gasteiger partial charge in [0.15, 0.2) is 0 Å². The molecule has 1 saturated carbocycles. The van der Waals surface area contributed by atoms with Gasteiger partial charge in [0.1, 0.15) is 11.9 Å². The van der Waals surface area contributed by atoms with Crippen molar-refractivity contribution in [2.45, 2.75) is 76.3 Å². The van der Waals surface area contributed by atoms with Crippen molar-refractivity contribution in [3.8, 4) is 0 Å². The summed E-state index contributed by atoms with van der Waals surface area (Å²) in [6, 6.07) is 21.2. The number of nitrogens with zero attached hydrogens (tertiary/aromatic N) is 4. The quantitative estimate of drug-likeness (QED) is 0.332. The Morgan fingerprint density at radius 1 is 0.925 bits per heavy atom. The zero-order valence-electron chi connectivity index (χ0n) is 24.3. The predicted octanol–water partition coefficient (Wildman–Crippen LogP) is 5.93. The minimum atomic E-state index is -0.631. The number of carboxylic acids is 1. The summed E-state index contributed by atoms with van der Waals surface area (Å²) in [6.45, 7) is 5.89. The Balaban J connectivity index is 1.27. The fraction of sp³-hybridized carbons (Fsp3) is 0.559. The van der Waals surface area contributed by atoms with Crippen LogP contribution in [0.3, 0.4) is 0 Å². The number of hydrogen-bond donors (Lipinski definition) is 1. The standard InChI is InChI=1S/C34H46N4O2/c1-25(36-32(35-2)22-26-12-6-3-7-13-26)27-18-20-37(21-19-27)31-24-38(23-30(31)28-14-8-4-9-15-28)33(34(39)40)29-16-10-5-11-17-29/h3-4,6-9,12-15,27,29-31,33H,5,10-11,16-24H2,1-2H3,(H,39,40). The van der Waals surface area contributed by atoms with Crippen LogP contribution in [0.4, 0.5) is 0 Å². The summed E-state index contributed by atoms with van der Waals surface area (Å²) < 4.78 is 0. The molecule has 0 aromatic heterocycles. The highest BCUT2D eigenvalue weighted by molar-refractivity contribution is 5.98. The molecule has 3 unspecified atom stereocenters. The highest BCUT2D eigenvalue weighted by Gasteiger charge is 2.45. The van der Waals surface area contributed by atoms with E-state index >= 15 is 0 Å². The minimum absolute atomic E-state index is 0.274. The summed E-state index contributed by atoms with van der Waals surface area (Å²) in [6.07, 6.45) is 8.60. The molecule has 5 rings (SSSR count). The summed E-state index contributed by atoms with van der Waals surface area (Å²) in [5, 5.41) is 10.3. The lowest BCUT2D eigenvalue weighted by atomic mass is 9.83. The second kappa shape index (κ2) is 13.7. The molecule has 0 spiro atoms. The van der Waals surface area contributed by atoms with Gasteiger partial charge in [-0.3, -0.25) is 19.6 Å². The molecule has 2 saturated heterocycles. The first-order valence-corrected chi connectivity index (χ1v) is 15.3. The lowest BCUT2D eigenvalue weighted by molar-refractivity contribution is -0.145. The number of aliphatic imine (C=N–C) groups is 2. The van der Waals surface area contributed by atoms with Crippen molar-refractivity contribution >= 4 is 17.5 Å². The van der Waals surface area contributed by atoms with E-state index in [2.05, 4.69) is 76.3 Å². The Labute approximate surface area is 240 Å². The van der Waals surface area contributed by atoms with Crippen molar-refractivity contribution in [3.63, 3.8) is 0 Å². The molecule has 2 aromatic rings. The van der Waals surface area contributed by atoms with Crippen LogP contribution < -0.4 is 0 Å².